The van der Waals surface area contributed by atoms with Gasteiger partial charge >= 0.3 is 6.18 Å². The molecule has 1 atom stereocenters. The van der Waals surface area contributed by atoms with Gasteiger partial charge in [-0.3, -0.25) is 0 Å². The van der Waals surface area contributed by atoms with E-state index in [4.69, 9.17) is 0 Å². The fourth-order valence-electron chi connectivity index (χ4n) is 2.29. The van der Waals surface area contributed by atoms with Crippen LogP contribution >= 0.6 is 0 Å². The molecule has 8 heteroatoms. The third-order valence-electron chi connectivity index (χ3n) is 3.42. The Bertz CT molecular complexity index is 581. The second kappa shape index (κ2) is 6.33. The van der Waals surface area contributed by atoms with Crippen LogP contribution in [-0.4, -0.2) is 27.5 Å². The summed E-state index contributed by atoms with van der Waals surface area (Å²) in [5.74, 6) is 0. The number of hydrogen-bond donors (Lipinski definition) is 2. The molecule has 21 heavy (non-hydrogen) atoms. The first-order valence-corrected chi connectivity index (χ1v) is 8.18. The molecule has 1 aliphatic rings. The van der Waals surface area contributed by atoms with Crippen LogP contribution in [-0.2, 0) is 16.2 Å². The van der Waals surface area contributed by atoms with Crippen LogP contribution in [0.5, 0.6) is 0 Å². The van der Waals surface area contributed by atoms with E-state index in [1.165, 1.54) is 0 Å². The van der Waals surface area contributed by atoms with Gasteiger partial charge in [0.2, 0.25) is 10.0 Å². The van der Waals surface area contributed by atoms with Crippen LogP contribution in [0.3, 0.4) is 0 Å². The van der Waals surface area contributed by atoms with Crippen molar-refractivity contribution in [3.63, 3.8) is 0 Å². The van der Waals surface area contributed by atoms with Gasteiger partial charge in [-0.05, 0) is 44.0 Å². The molecule has 1 heterocycles. The van der Waals surface area contributed by atoms with Gasteiger partial charge in [0.25, 0.3) is 0 Å². The summed E-state index contributed by atoms with van der Waals surface area (Å²) in [7, 11) is -3.91. The molecule has 0 saturated carbocycles. The molecule has 0 amide bonds. The first kappa shape index (κ1) is 16.3. The number of halogens is 3. The minimum absolute atomic E-state index is 0.205. The summed E-state index contributed by atoms with van der Waals surface area (Å²) < 4.78 is 64.1. The van der Waals surface area contributed by atoms with E-state index in [0.29, 0.717) is 12.5 Å². The SMILES string of the molecule is O=S(=O)(NCC[C@@H]1CCCN1)c1cccc(C(F)(F)F)c1. The first-order valence-electron chi connectivity index (χ1n) is 6.69. The Hall–Kier alpha value is -1.12. The zero-order valence-corrected chi connectivity index (χ0v) is 12.1. The fraction of sp³-hybridized carbons (Fsp3) is 0.538. The number of benzene rings is 1. The van der Waals surface area contributed by atoms with Crippen LogP contribution in [0.4, 0.5) is 13.2 Å². The maximum Gasteiger partial charge on any atom is 0.416 e. The van der Waals surface area contributed by atoms with E-state index in [-0.39, 0.29) is 17.5 Å². The van der Waals surface area contributed by atoms with Gasteiger partial charge in [-0.2, -0.15) is 13.2 Å². The Morgan fingerprint density at radius 2 is 2.10 bits per heavy atom. The highest BCUT2D eigenvalue weighted by Crippen LogP contribution is 2.30. The van der Waals surface area contributed by atoms with Crippen LogP contribution < -0.4 is 10.0 Å². The molecule has 0 bridgehead atoms. The van der Waals surface area contributed by atoms with Crippen molar-refractivity contribution in [2.75, 3.05) is 13.1 Å². The maximum atomic E-state index is 12.6. The van der Waals surface area contributed by atoms with E-state index < -0.39 is 21.8 Å². The van der Waals surface area contributed by atoms with E-state index in [1.54, 1.807) is 0 Å². The molecule has 1 aromatic carbocycles. The van der Waals surface area contributed by atoms with Gasteiger partial charge in [-0.1, -0.05) is 6.07 Å². The molecular weight excluding hydrogens is 305 g/mol. The first-order chi connectivity index (χ1) is 9.79. The van der Waals surface area contributed by atoms with Crippen molar-refractivity contribution < 1.29 is 21.6 Å². The molecule has 0 aromatic heterocycles. The Morgan fingerprint density at radius 1 is 1.33 bits per heavy atom. The molecular formula is C13H17F3N2O2S. The summed E-state index contributed by atoms with van der Waals surface area (Å²) in [6, 6.07) is 4.02. The van der Waals surface area contributed by atoms with Gasteiger partial charge in [-0.25, -0.2) is 13.1 Å². The van der Waals surface area contributed by atoms with Gasteiger partial charge in [0.05, 0.1) is 10.5 Å². The smallest absolute Gasteiger partial charge is 0.314 e. The summed E-state index contributed by atoms with van der Waals surface area (Å²) in [6.07, 6.45) is -1.88. The number of alkyl halides is 3. The Labute approximate surface area is 121 Å². The lowest BCUT2D eigenvalue weighted by Crippen LogP contribution is -2.30. The van der Waals surface area contributed by atoms with Crippen LogP contribution in [0.1, 0.15) is 24.8 Å². The van der Waals surface area contributed by atoms with Gasteiger partial charge in [0, 0.05) is 12.6 Å². The lowest BCUT2D eigenvalue weighted by molar-refractivity contribution is -0.137. The van der Waals surface area contributed by atoms with Gasteiger partial charge < -0.3 is 5.32 Å². The molecule has 1 aromatic rings. The molecule has 118 valence electrons. The molecule has 0 unspecified atom stereocenters. The van der Waals surface area contributed by atoms with E-state index in [1.807, 2.05) is 0 Å². The third kappa shape index (κ3) is 4.42. The predicted octanol–water partition coefficient (Wildman–Crippen LogP) is 2.13. The lowest BCUT2D eigenvalue weighted by atomic mass is 10.2. The molecule has 1 saturated heterocycles. The summed E-state index contributed by atoms with van der Waals surface area (Å²) in [4.78, 5) is -0.364. The lowest BCUT2D eigenvalue weighted by Gasteiger charge is -2.12. The standard InChI is InChI=1S/C13H17F3N2O2S/c14-13(15,16)10-3-1-5-12(9-10)21(19,20)18-8-6-11-4-2-7-17-11/h1,3,5,9,11,17-18H,2,4,6-8H2/t11-/m0/s1. The monoisotopic (exact) mass is 322 g/mol. The number of sulfonamides is 1. The maximum absolute atomic E-state index is 12.6. The summed E-state index contributed by atoms with van der Waals surface area (Å²) >= 11 is 0. The molecule has 0 aliphatic carbocycles. The molecule has 0 spiro atoms. The number of hydrogen-bond acceptors (Lipinski definition) is 3. The predicted molar refractivity (Wildman–Crippen MR) is 72.3 cm³/mol. The normalized spacial score (nSPS) is 19.9. The molecule has 1 aliphatic heterocycles. The zero-order chi connectivity index (χ0) is 15.5. The highest BCUT2D eigenvalue weighted by molar-refractivity contribution is 7.89. The topological polar surface area (TPSA) is 58.2 Å². The van der Waals surface area contributed by atoms with Gasteiger partial charge in [0.1, 0.15) is 0 Å². The quantitative estimate of drug-likeness (QED) is 0.873. The average molecular weight is 322 g/mol. The molecule has 2 rings (SSSR count). The average Bonchev–Trinajstić information content (AvgIpc) is 2.91. The molecule has 2 N–H and O–H groups in total. The Kier molecular flexibility index (Phi) is 4.90. The van der Waals surface area contributed by atoms with Crippen molar-refractivity contribution in [2.45, 2.75) is 36.4 Å². The van der Waals surface area contributed by atoms with Crippen molar-refractivity contribution in [3.05, 3.63) is 29.8 Å². The minimum atomic E-state index is -4.56. The van der Waals surface area contributed by atoms with Crippen molar-refractivity contribution in [2.24, 2.45) is 0 Å². The second-order valence-electron chi connectivity index (χ2n) is 5.01. The van der Waals surface area contributed by atoms with Crippen LogP contribution in [0.15, 0.2) is 29.2 Å². The Balaban J connectivity index is 2.01. The van der Waals surface area contributed by atoms with Gasteiger partial charge in [-0.15, -0.1) is 0 Å². The minimum Gasteiger partial charge on any atom is -0.314 e. The van der Waals surface area contributed by atoms with Crippen LogP contribution in [0.2, 0.25) is 0 Å². The highest BCUT2D eigenvalue weighted by atomic mass is 32.2. The van der Waals surface area contributed by atoms with E-state index in [2.05, 4.69) is 10.0 Å². The summed E-state index contributed by atoms with van der Waals surface area (Å²) in [5, 5.41) is 3.23. The molecule has 1 fully saturated rings. The largest absolute Gasteiger partial charge is 0.416 e. The van der Waals surface area contributed by atoms with Gasteiger partial charge in [0.15, 0.2) is 0 Å². The number of nitrogens with one attached hydrogen (secondary N) is 2. The fourth-order valence-corrected chi connectivity index (χ4v) is 3.39. The highest BCUT2D eigenvalue weighted by Gasteiger charge is 2.31. The second-order valence-corrected chi connectivity index (χ2v) is 6.77. The summed E-state index contributed by atoms with van der Waals surface area (Å²) in [6.45, 7) is 1.13. The van der Waals surface area contributed by atoms with Crippen molar-refractivity contribution in [1.82, 2.24) is 10.0 Å². The van der Waals surface area contributed by atoms with Crippen molar-refractivity contribution >= 4 is 10.0 Å². The van der Waals surface area contributed by atoms with E-state index in [0.717, 1.165) is 37.6 Å². The van der Waals surface area contributed by atoms with Crippen molar-refractivity contribution in [3.8, 4) is 0 Å². The molecule has 4 nitrogen and oxygen atoms in total. The summed E-state index contributed by atoms with van der Waals surface area (Å²) in [5.41, 5.74) is -0.970. The van der Waals surface area contributed by atoms with Crippen LogP contribution in [0.25, 0.3) is 0 Å². The van der Waals surface area contributed by atoms with E-state index in [9.17, 15) is 21.6 Å². The van der Waals surface area contributed by atoms with Crippen molar-refractivity contribution in [1.29, 1.82) is 0 Å². The Morgan fingerprint density at radius 3 is 2.71 bits per heavy atom. The molecule has 0 radical (unpaired) electrons. The van der Waals surface area contributed by atoms with E-state index >= 15 is 0 Å². The zero-order valence-electron chi connectivity index (χ0n) is 11.3. The number of rotatable bonds is 5. The third-order valence-corrected chi connectivity index (χ3v) is 4.88. The van der Waals surface area contributed by atoms with Crippen LogP contribution in [0, 0.1) is 0 Å².